The van der Waals surface area contributed by atoms with Crippen LogP contribution in [0.3, 0.4) is 0 Å². The first-order valence-corrected chi connectivity index (χ1v) is 7.89. The van der Waals surface area contributed by atoms with Crippen LogP contribution in [0.5, 0.6) is 0 Å². The second kappa shape index (κ2) is 7.05. The normalized spacial score (nSPS) is 15.4. The van der Waals surface area contributed by atoms with Gasteiger partial charge in [0.05, 0.1) is 5.97 Å². The number of rotatable bonds is 5. The van der Waals surface area contributed by atoms with E-state index in [9.17, 15) is 14.7 Å². The summed E-state index contributed by atoms with van der Waals surface area (Å²) in [7, 11) is 0. The summed E-state index contributed by atoms with van der Waals surface area (Å²) in [6, 6.07) is 16.5. The Labute approximate surface area is 145 Å². The Bertz CT molecular complexity index is 864. The number of benzene rings is 2. The third-order valence-electron chi connectivity index (χ3n) is 3.81. The van der Waals surface area contributed by atoms with E-state index in [1.54, 1.807) is 24.3 Å². The predicted molar refractivity (Wildman–Crippen MR) is 92.0 cm³/mol. The molecular formula is C20H16NO4-. The van der Waals surface area contributed by atoms with Crippen LogP contribution in [0, 0.1) is 0 Å². The zero-order valence-corrected chi connectivity index (χ0v) is 13.6. The van der Waals surface area contributed by atoms with E-state index in [2.05, 4.69) is 12.2 Å². The first kappa shape index (κ1) is 16.5. The summed E-state index contributed by atoms with van der Waals surface area (Å²) in [4.78, 5) is 23.7. The highest BCUT2D eigenvalue weighted by Crippen LogP contribution is 2.27. The van der Waals surface area contributed by atoms with Crippen LogP contribution in [-0.2, 0) is 20.7 Å². The number of carboxylic acid groups (broad SMARTS) is 1. The third-order valence-corrected chi connectivity index (χ3v) is 3.81. The zero-order valence-electron chi connectivity index (χ0n) is 13.6. The maximum Gasteiger partial charge on any atom is 0.235 e. The Morgan fingerprint density at radius 2 is 1.80 bits per heavy atom. The lowest BCUT2D eigenvalue weighted by Gasteiger charge is -2.09. The Balaban J connectivity index is 1.89. The molecule has 0 radical (unpaired) electrons. The van der Waals surface area contributed by atoms with Gasteiger partial charge >= 0.3 is 0 Å². The Morgan fingerprint density at radius 1 is 1.12 bits per heavy atom. The first-order chi connectivity index (χ1) is 12.1. The lowest BCUT2D eigenvalue weighted by molar-refractivity contribution is -0.298. The number of para-hydroxylation sites is 1. The summed E-state index contributed by atoms with van der Waals surface area (Å²) < 4.78 is 5.47. The van der Waals surface area contributed by atoms with Gasteiger partial charge in [0.2, 0.25) is 11.7 Å². The lowest BCUT2D eigenvalue weighted by atomic mass is 10.1. The fourth-order valence-corrected chi connectivity index (χ4v) is 2.46. The van der Waals surface area contributed by atoms with E-state index in [0.29, 0.717) is 5.69 Å². The smallest absolute Gasteiger partial charge is 0.235 e. The molecule has 0 spiro atoms. The first-order valence-electron chi connectivity index (χ1n) is 7.89. The van der Waals surface area contributed by atoms with Gasteiger partial charge in [0.15, 0.2) is 5.76 Å². The van der Waals surface area contributed by atoms with Crippen LogP contribution in [0.15, 0.2) is 71.8 Å². The van der Waals surface area contributed by atoms with Crippen LogP contribution in [0.2, 0.25) is 0 Å². The zero-order chi connectivity index (χ0) is 17.8. The number of carbonyl (C=O) groups excluding carboxylic acids is 2. The van der Waals surface area contributed by atoms with Crippen LogP contribution in [-0.4, -0.2) is 11.8 Å². The van der Waals surface area contributed by atoms with Gasteiger partial charge in [-0.15, -0.1) is 0 Å². The van der Waals surface area contributed by atoms with Crippen molar-refractivity contribution in [1.82, 2.24) is 0 Å². The van der Waals surface area contributed by atoms with Crippen molar-refractivity contribution in [3.63, 3.8) is 0 Å². The van der Waals surface area contributed by atoms with Gasteiger partial charge in [-0.1, -0.05) is 49.4 Å². The molecule has 0 amide bonds. The highest BCUT2D eigenvalue weighted by atomic mass is 16.5. The standard InChI is InChI=1S/C20H17NO4/c1-2-13-8-10-14(11-9-13)12-16-18(22)17(20(23)24)19(25-16)21-15-6-4-3-5-7-15/h3-12,21H,2H2,1H3,(H,23,24)/p-1/b16-12-. The molecule has 5 nitrogen and oxygen atoms in total. The quantitative estimate of drug-likeness (QED) is 0.670. The topological polar surface area (TPSA) is 78.5 Å². The van der Waals surface area contributed by atoms with Crippen molar-refractivity contribution in [2.24, 2.45) is 0 Å². The number of nitrogens with one attached hydrogen (secondary N) is 1. The Morgan fingerprint density at radius 3 is 2.40 bits per heavy atom. The number of aryl methyl sites for hydroxylation is 1. The molecule has 0 saturated heterocycles. The monoisotopic (exact) mass is 334 g/mol. The average molecular weight is 334 g/mol. The third kappa shape index (κ3) is 3.61. The summed E-state index contributed by atoms with van der Waals surface area (Å²) in [5, 5.41) is 14.2. The minimum atomic E-state index is -1.58. The second-order valence-corrected chi connectivity index (χ2v) is 5.52. The van der Waals surface area contributed by atoms with E-state index in [1.165, 1.54) is 11.6 Å². The van der Waals surface area contributed by atoms with Gasteiger partial charge in [-0.25, -0.2) is 0 Å². The molecule has 0 unspecified atom stereocenters. The van der Waals surface area contributed by atoms with Gasteiger partial charge in [-0.2, -0.15) is 0 Å². The highest BCUT2D eigenvalue weighted by Gasteiger charge is 2.31. The summed E-state index contributed by atoms with van der Waals surface area (Å²) in [5.74, 6) is -2.47. The van der Waals surface area contributed by atoms with Crippen molar-refractivity contribution in [2.45, 2.75) is 13.3 Å². The van der Waals surface area contributed by atoms with Crippen LogP contribution in [0.1, 0.15) is 18.1 Å². The van der Waals surface area contributed by atoms with Crippen molar-refractivity contribution >= 4 is 23.5 Å². The number of allylic oxidation sites excluding steroid dienone is 1. The Kier molecular flexibility index (Phi) is 4.66. The molecule has 0 aliphatic carbocycles. The molecule has 0 fully saturated rings. The minimum Gasteiger partial charge on any atom is -0.544 e. The average Bonchev–Trinajstić information content (AvgIpc) is 2.92. The minimum absolute atomic E-state index is 0.0538. The summed E-state index contributed by atoms with van der Waals surface area (Å²) in [6.07, 6.45) is 2.43. The SMILES string of the molecule is CCc1ccc(/C=C2\OC(Nc3ccccc3)=C(C(=O)[O-])C2=O)cc1. The predicted octanol–water partition coefficient (Wildman–Crippen LogP) is 2.26. The summed E-state index contributed by atoms with van der Waals surface area (Å²) in [5.41, 5.74) is 2.01. The molecule has 0 atom stereocenters. The largest absolute Gasteiger partial charge is 0.544 e. The molecule has 3 rings (SSSR count). The second-order valence-electron chi connectivity index (χ2n) is 5.52. The lowest BCUT2D eigenvalue weighted by Crippen LogP contribution is -2.28. The fourth-order valence-electron chi connectivity index (χ4n) is 2.46. The number of hydrogen-bond acceptors (Lipinski definition) is 5. The maximum atomic E-state index is 12.4. The number of aliphatic carboxylic acids is 1. The van der Waals surface area contributed by atoms with Crippen molar-refractivity contribution in [1.29, 1.82) is 0 Å². The number of carbonyl (C=O) groups is 2. The number of anilines is 1. The van der Waals surface area contributed by atoms with Gasteiger partial charge in [0, 0.05) is 5.69 Å². The number of hydrogen-bond donors (Lipinski definition) is 1. The molecule has 1 heterocycles. The maximum absolute atomic E-state index is 12.4. The number of ketones is 1. The summed E-state index contributed by atoms with van der Waals surface area (Å²) in [6.45, 7) is 2.05. The molecule has 25 heavy (non-hydrogen) atoms. The van der Waals surface area contributed by atoms with Crippen molar-refractivity contribution < 1.29 is 19.4 Å². The highest BCUT2D eigenvalue weighted by molar-refractivity contribution is 6.25. The van der Waals surface area contributed by atoms with E-state index in [-0.39, 0.29) is 11.6 Å². The van der Waals surface area contributed by atoms with Gasteiger partial charge in [-0.05, 0) is 35.8 Å². The molecule has 1 N–H and O–H groups in total. The van der Waals surface area contributed by atoms with Gasteiger partial charge in [0.25, 0.3) is 0 Å². The number of carboxylic acids is 1. The van der Waals surface area contributed by atoms with Gasteiger partial charge in [0.1, 0.15) is 5.57 Å². The van der Waals surface area contributed by atoms with Gasteiger partial charge in [-0.3, -0.25) is 4.79 Å². The molecule has 0 bridgehead atoms. The van der Waals surface area contributed by atoms with E-state index in [0.717, 1.165) is 12.0 Å². The van der Waals surface area contributed by atoms with Crippen LogP contribution < -0.4 is 10.4 Å². The number of ether oxygens (including phenoxy) is 1. The molecule has 1 aliphatic rings. The molecule has 1 aliphatic heterocycles. The van der Waals surface area contributed by atoms with E-state index < -0.39 is 17.3 Å². The fraction of sp³-hybridized carbons (Fsp3) is 0.100. The van der Waals surface area contributed by atoms with Crippen molar-refractivity contribution in [3.05, 3.63) is 82.9 Å². The molecule has 2 aromatic carbocycles. The molecule has 2 aromatic rings. The van der Waals surface area contributed by atoms with E-state index in [4.69, 9.17) is 4.74 Å². The number of Topliss-reactive ketones (excluding diaryl/α,β-unsaturated/α-hetero) is 1. The van der Waals surface area contributed by atoms with Gasteiger partial charge < -0.3 is 20.0 Å². The summed E-state index contributed by atoms with van der Waals surface area (Å²) >= 11 is 0. The molecule has 126 valence electrons. The van der Waals surface area contributed by atoms with Crippen LogP contribution >= 0.6 is 0 Å². The van der Waals surface area contributed by atoms with E-state index >= 15 is 0 Å². The molecule has 5 heteroatoms. The van der Waals surface area contributed by atoms with E-state index in [1.807, 2.05) is 30.3 Å². The van der Waals surface area contributed by atoms with Crippen LogP contribution in [0.4, 0.5) is 5.69 Å². The molecular weight excluding hydrogens is 318 g/mol. The Hall–Kier alpha value is -3.34. The van der Waals surface area contributed by atoms with Crippen molar-refractivity contribution in [3.8, 4) is 0 Å². The molecule has 0 aromatic heterocycles. The molecule has 0 saturated carbocycles. The van der Waals surface area contributed by atoms with Crippen molar-refractivity contribution in [2.75, 3.05) is 5.32 Å². The van der Waals surface area contributed by atoms with Crippen LogP contribution in [0.25, 0.3) is 6.08 Å².